The zero-order valence-electron chi connectivity index (χ0n) is 22.5. The summed E-state index contributed by atoms with van der Waals surface area (Å²) in [5.41, 5.74) is 3.87. The summed E-state index contributed by atoms with van der Waals surface area (Å²) in [7, 11) is 0. The molecular formula is C34H28Cl2N2O3. The summed E-state index contributed by atoms with van der Waals surface area (Å²) >= 11 is 12.3. The molecule has 0 aliphatic rings. The molecule has 2 amide bonds. The molecule has 0 unspecified atom stereocenters. The van der Waals surface area contributed by atoms with Gasteiger partial charge in [0.1, 0.15) is 5.70 Å². The molecule has 5 nitrogen and oxygen atoms in total. The van der Waals surface area contributed by atoms with Gasteiger partial charge in [-0.3, -0.25) is 14.4 Å². The molecule has 4 aromatic rings. The monoisotopic (exact) mass is 582 g/mol. The van der Waals surface area contributed by atoms with Crippen LogP contribution in [0.1, 0.15) is 57.2 Å². The Morgan fingerprint density at radius 1 is 0.732 bits per heavy atom. The Bertz CT molecular complexity index is 1590. The molecule has 0 radical (unpaired) electrons. The molecule has 0 aliphatic heterocycles. The van der Waals surface area contributed by atoms with Crippen LogP contribution in [0.2, 0.25) is 10.0 Å². The van der Waals surface area contributed by atoms with Crippen molar-refractivity contribution in [1.82, 2.24) is 5.32 Å². The van der Waals surface area contributed by atoms with Gasteiger partial charge in [-0.05, 0) is 83.8 Å². The molecule has 0 saturated heterocycles. The minimum Gasteiger partial charge on any atom is -0.321 e. The molecule has 7 heteroatoms. The fourth-order valence-electron chi connectivity index (χ4n) is 3.93. The Hall–Kier alpha value is -4.45. The van der Waals surface area contributed by atoms with Gasteiger partial charge in [-0.1, -0.05) is 85.6 Å². The molecule has 2 N–H and O–H groups in total. The van der Waals surface area contributed by atoms with Gasteiger partial charge in [0.25, 0.3) is 11.8 Å². The number of anilines is 1. The third-order valence-electron chi connectivity index (χ3n) is 6.27. The number of benzene rings is 4. The first kappa shape index (κ1) is 29.5. The maximum Gasteiger partial charge on any atom is 0.272 e. The second-order valence-electron chi connectivity index (χ2n) is 9.56. The van der Waals surface area contributed by atoms with Crippen LogP contribution in [0.5, 0.6) is 0 Å². The third kappa shape index (κ3) is 8.04. The van der Waals surface area contributed by atoms with Crippen molar-refractivity contribution in [1.29, 1.82) is 0 Å². The molecule has 0 fully saturated rings. The summed E-state index contributed by atoms with van der Waals surface area (Å²) < 4.78 is 0. The number of amides is 2. The lowest BCUT2D eigenvalue weighted by Crippen LogP contribution is -2.30. The second kappa shape index (κ2) is 13.8. The smallest absolute Gasteiger partial charge is 0.272 e. The van der Waals surface area contributed by atoms with Gasteiger partial charge < -0.3 is 10.6 Å². The van der Waals surface area contributed by atoms with E-state index < -0.39 is 11.8 Å². The first-order chi connectivity index (χ1) is 19.7. The standard InChI is InChI=1S/C34H28Cl2N2O3/c1-22(2)24-13-11-23(12-14-24)21-31(38-33(40)26-7-4-3-5-8-26)34(41)37-27-17-15-25(16-18-27)32(39)20-19-28-29(35)9-6-10-30(28)36/h3-22H,1-2H3,(H,37,41)(H,38,40)/b20-19+,31-21-. The number of hydrogen-bond acceptors (Lipinski definition) is 3. The predicted octanol–water partition coefficient (Wildman–Crippen LogP) is 8.42. The number of nitrogens with one attached hydrogen (secondary N) is 2. The molecule has 0 aromatic heterocycles. The maximum atomic E-state index is 13.3. The second-order valence-corrected chi connectivity index (χ2v) is 10.4. The quantitative estimate of drug-likeness (QED) is 0.153. The molecule has 4 aromatic carbocycles. The van der Waals surface area contributed by atoms with E-state index in [-0.39, 0.29) is 11.5 Å². The van der Waals surface area contributed by atoms with Crippen LogP contribution < -0.4 is 10.6 Å². The summed E-state index contributed by atoms with van der Waals surface area (Å²) in [5.74, 6) is -0.793. The number of carbonyl (C=O) groups excluding carboxylic acids is 3. The van der Waals surface area contributed by atoms with Crippen LogP contribution in [0.15, 0.2) is 109 Å². The minimum absolute atomic E-state index is 0.0795. The average Bonchev–Trinajstić information content (AvgIpc) is 2.97. The van der Waals surface area contributed by atoms with Crippen LogP contribution in [0.3, 0.4) is 0 Å². The van der Waals surface area contributed by atoms with E-state index in [4.69, 9.17) is 23.2 Å². The van der Waals surface area contributed by atoms with Crippen molar-refractivity contribution >= 4 is 58.6 Å². The van der Waals surface area contributed by atoms with Crippen molar-refractivity contribution in [3.63, 3.8) is 0 Å². The van der Waals surface area contributed by atoms with Crippen molar-refractivity contribution in [2.75, 3.05) is 5.32 Å². The van der Waals surface area contributed by atoms with Crippen LogP contribution in [-0.2, 0) is 4.79 Å². The van der Waals surface area contributed by atoms with Gasteiger partial charge in [-0.25, -0.2) is 0 Å². The fourth-order valence-corrected chi connectivity index (χ4v) is 4.45. The first-order valence-corrected chi connectivity index (χ1v) is 13.7. The number of allylic oxidation sites excluding steroid dienone is 1. The minimum atomic E-state index is -0.505. The molecule has 0 bridgehead atoms. The Labute approximate surface area is 249 Å². The summed E-state index contributed by atoms with van der Waals surface area (Å²) in [4.78, 5) is 38.9. The van der Waals surface area contributed by atoms with Gasteiger partial charge in [0.2, 0.25) is 0 Å². The van der Waals surface area contributed by atoms with Crippen molar-refractivity contribution in [3.05, 3.63) is 147 Å². The van der Waals surface area contributed by atoms with Gasteiger partial charge in [0.15, 0.2) is 5.78 Å². The van der Waals surface area contributed by atoms with Crippen LogP contribution in [0, 0.1) is 0 Å². The maximum absolute atomic E-state index is 13.3. The van der Waals surface area contributed by atoms with E-state index in [0.717, 1.165) is 5.56 Å². The third-order valence-corrected chi connectivity index (χ3v) is 6.93. The van der Waals surface area contributed by atoms with Crippen LogP contribution in [0.4, 0.5) is 5.69 Å². The van der Waals surface area contributed by atoms with Gasteiger partial charge in [-0.15, -0.1) is 0 Å². The highest BCUT2D eigenvalue weighted by atomic mass is 35.5. The molecule has 0 atom stereocenters. The van der Waals surface area contributed by atoms with Crippen molar-refractivity contribution < 1.29 is 14.4 Å². The van der Waals surface area contributed by atoms with E-state index >= 15 is 0 Å². The fraction of sp³-hybridized carbons (Fsp3) is 0.0882. The summed E-state index contributed by atoms with van der Waals surface area (Å²) in [6.45, 7) is 4.21. The van der Waals surface area contributed by atoms with Gasteiger partial charge in [0, 0.05) is 32.4 Å². The Morgan fingerprint density at radius 2 is 1.37 bits per heavy atom. The Balaban J connectivity index is 1.51. The predicted molar refractivity (Wildman–Crippen MR) is 167 cm³/mol. The average molecular weight is 584 g/mol. The number of hydrogen-bond donors (Lipinski definition) is 2. The highest BCUT2D eigenvalue weighted by molar-refractivity contribution is 6.37. The van der Waals surface area contributed by atoms with E-state index in [9.17, 15) is 14.4 Å². The SMILES string of the molecule is CC(C)c1ccc(/C=C(\NC(=O)c2ccccc2)C(=O)Nc2ccc(C(=O)/C=C/c3c(Cl)cccc3Cl)cc2)cc1. The highest BCUT2D eigenvalue weighted by Gasteiger charge is 2.15. The lowest BCUT2D eigenvalue weighted by Gasteiger charge is -2.12. The van der Waals surface area contributed by atoms with Crippen molar-refractivity contribution in [2.45, 2.75) is 19.8 Å². The Kier molecular flexibility index (Phi) is 9.91. The summed E-state index contributed by atoms with van der Waals surface area (Å²) in [6.07, 6.45) is 4.59. The number of rotatable bonds is 9. The molecular weight excluding hydrogens is 555 g/mol. The van der Waals surface area contributed by atoms with Crippen molar-refractivity contribution in [3.8, 4) is 0 Å². The molecule has 41 heavy (non-hydrogen) atoms. The number of halogens is 2. The van der Waals surface area contributed by atoms with E-state index in [0.29, 0.717) is 38.3 Å². The molecule has 0 heterocycles. The summed E-state index contributed by atoms with van der Waals surface area (Å²) in [6, 6.07) is 28.0. The molecule has 4 rings (SSSR count). The topological polar surface area (TPSA) is 75.3 Å². The molecule has 0 saturated carbocycles. The summed E-state index contributed by atoms with van der Waals surface area (Å²) in [5, 5.41) is 6.42. The first-order valence-electron chi connectivity index (χ1n) is 13.0. The van der Waals surface area contributed by atoms with E-state index in [1.165, 1.54) is 11.6 Å². The zero-order chi connectivity index (χ0) is 29.4. The van der Waals surface area contributed by atoms with Crippen LogP contribution in [0.25, 0.3) is 12.2 Å². The van der Waals surface area contributed by atoms with E-state index in [1.807, 2.05) is 30.3 Å². The number of ketones is 1. The van der Waals surface area contributed by atoms with E-state index in [2.05, 4.69) is 24.5 Å². The largest absolute Gasteiger partial charge is 0.321 e. The van der Waals surface area contributed by atoms with Crippen LogP contribution in [-0.4, -0.2) is 17.6 Å². The molecule has 0 spiro atoms. The molecule has 0 aliphatic carbocycles. The van der Waals surface area contributed by atoms with Crippen LogP contribution >= 0.6 is 23.2 Å². The highest BCUT2D eigenvalue weighted by Crippen LogP contribution is 2.26. The Morgan fingerprint density at radius 3 is 1.98 bits per heavy atom. The van der Waals surface area contributed by atoms with Crippen molar-refractivity contribution in [2.24, 2.45) is 0 Å². The normalized spacial score (nSPS) is 11.5. The lowest BCUT2D eigenvalue weighted by atomic mass is 10.0. The van der Waals surface area contributed by atoms with Gasteiger partial charge in [-0.2, -0.15) is 0 Å². The van der Waals surface area contributed by atoms with E-state index in [1.54, 1.807) is 78.9 Å². The zero-order valence-corrected chi connectivity index (χ0v) is 24.0. The van der Waals surface area contributed by atoms with Gasteiger partial charge >= 0.3 is 0 Å². The lowest BCUT2D eigenvalue weighted by molar-refractivity contribution is -0.113. The number of carbonyl (C=O) groups is 3. The van der Waals surface area contributed by atoms with Gasteiger partial charge in [0.05, 0.1) is 0 Å². The molecule has 206 valence electrons.